The zero-order valence-electron chi connectivity index (χ0n) is 11.9. The molecule has 3 heterocycles. The van der Waals surface area contributed by atoms with Crippen molar-refractivity contribution >= 4 is 39.4 Å². The fourth-order valence-corrected chi connectivity index (χ4v) is 3.50. The zero-order chi connectivity index (χ0) is 15.7. The molecule has 2 aromatic heterocycles. The van der Waals surface area contributed by atoms with Gasteiger partial charge in [-0.2, -0.15) is 0 Å². The van der Waals surface area contributed by atoms with Crippen LogP contribution in [-0.4, -0.2) is 45.1 Å². The van der Waals surface area contributed by atoms with E-state index in [1.54, 1.807) is 6.08 Å². The molecule has 0 amide bonds. The summed E-state index contributed by atoms with van der Waals surface area (Å²) >= 11 is 2.20. The maximum atomic E-state index is 9.48. The predicted octanol–water partition coefficient (Wildman–Crippen LogP) is 1.47. The second-order valence-electron chi connectivity index (χ2n) is 5.05. The molecule has 2 aromatic rings. The maximum Gasteiger partial charge on any atom is 0.148 e. The van der Waals surface area contributed by atoms with Gasteiger partial charge in [0.25, 0.3) is 0 Å². The van der Waals surface area contributed by atoms with E-state index in [-0.39, 0.29) is 25.0 Å². The van der Waals surface area contributed by atoms with Crippen LogP contribution in [0.4, 0.5) is 5.82 Å². The van der Waals surface area contributed by atoms with Gasteiger partial charge in [-0.15, -0.1) is 6.58 Å². The number of halogens is 1. The molecule has 1 aliphatic heterocycles. The molecule has 0 bridgehead atoms. The second-order valence-corrected chi connectivity index (χ2v) is 6.21. The number of aliphatic hydroxyl groups excluding tert-OH is 1. The first-order valence-corrected chi connectivity index (χ1v) is 7.99. The van der Waals surface area contributed by atoms with E-state index in [0.717, 1.165) is 14.6 Å². The van der Waals surface area contributed by atoms with E-state index in [1.807, 2.05) is 10.8 Å². The van der Waals surface area contributed by atoms with Gasteiger partial charge in [-0.3, -0.25) is 0 Å². The molecule has 0 aliphatic carbocycles. The molecule has 3 N–H and O–H groups in total. The Balaban J connectivity index is 1.92. The molecule has 1 fully saturated rings. The third kappa shape index (κ3) is 2.71. The van der Waals surface area contributed by atoms with Crippen molar-refractivity contribution in [2.75, 3.05) is 18.9 Å². The number of aromatic nitrogens is 3. The van der Waals surface area contributed by atoms with Gasteiger partial charge in [-0.1, -0.05) is 6.08 Å². The van der Waals surface area contributed by atoms with Gasteiger partial charge in [0.1, 0.15) is 30.1 Å². The monoisotopic (exact) mass is 416 g/mol. The van der Waals surface area contributed by atoms with Crippen LogP contribution in [-0.2, 0) is 9.47 Å². The number of nitrogens with two attached hydrogens (primary N) is 1. The minimum absolute atomic E-state index is 0.0915. The van der Waals surface area contributed by atoms with Crippen molar-refractivity contribution in [3.63, 3.8) is 0 Å². The highest BCUT2D eigenvalue weighted by molar-refractivity contribution is 14.1. The molecular weight excluding hydrogens is 399 g/mol. The van der Waals surface area contributed by atoms with Crippen molar-refractivity contribution < 1.29 is 14.6 Å². The molecule has 0 aromatic carbocycles. The van der Waals surface area contributed by atoms with E-state index in [2.05, 4.69) is 39.1 Å². The summed E-state index contributed by atoms with van der Waals surface area (Å²) < 4.78 is 14.5. The van der Waals surface area contributed by atoms with Crippen LogP contribution in [0.5, 0.6) is 0 Å². The van der Waals surface area contributed by atoms with E-state index in [1.165, 1.54) is 6.33 Å². The summed E-state index contributed by atoms with van der Waals surface area (Å²) in [5, 5.41) is 10.3. The lowest BCUT2D eigenvalue weighted by Crippen LogP contribution is -2.27. The highest BCUT2D eigenvalue weighted by Crippen LogP contribution is 2.35. The van der Waals surface area contributed by atoms with Gasteiger partial charge in [-0.25, -0.2) is 9.97 Å². The Labute approximate surface area is 141 Å². The molecule has 0 radical (unpaired) electrons. The van der Waals surface area contributed by atoms with Gasteiger partial charge >= 0.3 is 0 Å². The number of nitrogen functional groups attached to an aromatic ring is 1. The van der Waals surface area contributed by atoms with Gasteiger partial charge in [0.05, 0.1) is 24.7 Å². The van der Waals surface area contributed by atoms with Gasteiger partial charge in [-0.05, 0) is 22.6 Å². The molecule has 0 unspecified atom stereocenters. The van der Waals surface area contributed by atoms with Crippen LogP contribution in [0.3, 0.4) is 0 Å². The third-order valence-corrected chi connectivity index (χ3v) is 4.51. The summed E-state index contributed by atoms with van der Waals surface area (Å²) in [6.07, 6.45) is 4.89. The average Bonchev–Trinajstić information content (AvgIpc) is 3.07. The minimum Gasteiger partial charge on any atom is -0.394 e. The van der Waals surface area contributed by atoms with Crippen molar-refractivity contribution in [2.24, 2.45) is 0 Å². The molecule has 1 aliphatic rings. The Morgan fingerprint density at radius 3 is 3.14 bits per heavy atom. The van der Waals surface area contributed by atoms with Gasteiger partial charge in [0, 0.05) is 16.2 Å². The van der Waals surface area contributed by atoms with Crippen LogP contribution in [0, 0.1) is 3.57 Å². The van der Waals surface area contributed by atoms with Gasteiger partial charge in [0.15, 0.2) is 0 Å². The molecular formula is C14H17IN4O3. The van der Waals surface area contributed by atoms with Crippen molar-refractivity contribution in [1.29, 1.82) is 0 Å². The van der Waals surface area contributed by atoms with E-state index < -0.39 is 0 Å². The van der Waals surface area contributed by atoms with Crippen LogP contribution in [0.25, 0.3) is 11.0 Å². The first kappa shape index (κ1) is 15.7. The Bertz CT molecular complexity index is 690. The van der Waals surface area contributed by atoms with Crippen LogP contribution < -0.4 is 5.73 Å². The lowest BCUT2D eigenvalue weighted by atomic mass is 10.2. The largest absolute Gasteiger partial charge is 0.394 e. The molecule has 0 spiro atoms. The summed E-state index contributed by atoms with van der Waals surface area (Å²) in [6, 6.07) is 0. The maximum absolute atomic E-state index is 9.48. The fraction of sp³-hybridized carbons (Fsp3) is 0.429. The highest BCUT2D eigenvalue weighted by atomic mass is 127. The molecule has 3 atom stereocenters. The topological polar surface area (TPSA) is 95.4 Å². The van der Waals surface area contributed by atoms with Crippen LogP contribution in [0.1, 0.15) is 12.6 Å². The van der Waals surface area contributed by atoms with E-state index >= 15 is 0 Å². The Morgan fingerprint density at radius 1 is 1.59 bits per heavy atom. The van der Waals surface area contributed by atoms with Crippen molar-refractivity contribution in [3.8, 4) is 0 Å². The Kier molecular flexibility index (Phi) is 4.62. The molecule has 8 heteroatoms. The second kappa shape index (κ2) is 6.49. The summed E-state index contributed by atoms with van der Waals surface area (Å²) in [5.74, 6) is 0.448. The quantitative estimate of drug-likeness (QED) is 0.566. The third-order valence-electron chi connectivity index (χ3n) is 3.69. The summed E-state index contributed by atoms with van der Waals surface area (Å²) in [5.41, 5.74) is 6.65. The Hall–Kier alpha value is -1.23. The SMILES string of the molecule is C=CCO[C@H]1C[C@H](n2cc(I)c3c(N)ncnc32)O[C@@H]1CO. The lowest BCUT2D eigenvalue weighted by molar-refractivity contribution is -0.0560. The number of aliphatic hydroxyl groups is 1. The fourth-order valence-electron chi connectivity index (χ4n) is 2.68. The first-order valence-electron chi connectivity index (χ1n) is 6.91. The highest BCUT2D eigenvalue weighted by Gasteiger charge is 2.37. The number of hydrogen-bond donors (Lipinski definition) is 2. The average molecular weight is 416 g/mol. The Morgan fingerprint density at radius 2 is 2.41 bits per heavy atom. The van der Waals surface area contributed by atoms with Gasteiger partial charge < -0.3 is 24.9 Å². The first-order chi connectivity index (χ1) is 10.7. The molecule has 3 rings (SSSR count). The van der Waals surface area contributed by atoms with Crippen molar-refractivity contribution in [3.05, 3.63) is 28.7 Å². The van der Waals surface area contributed by atoms with E-state index in [0.29, 0.717) is 18.8 Å². The van der Waals surface area contributed by atoms with Crippen LogP contribution >= 0.6 is 22.6 Å². The molecule has 7 nitrogen and oxygen atoms in total. The predicted molar refractivity (Wildman–Crippen MR) is 90.2 cm³/mol. The van der Waals surface area contributed by atoms with Gasteiger partial charge in [0.2, 0.25) is 0 Å². The number of anilines is 1. The summed E-state index contributed by atoms with van der Waals surface area (Å²) in [4.78, 5) is 8.34. The number of fused-ring (bicyclic) bond motifs is 1. The minimum atomic E-state index is -0.362. The molecule has 118 valence electrons. The van der Waals surface area contributed by atoms with Crippen LogP contribution in [0.15, 0.2) is 25.2 Å². The molecule has 0 saturated carbocycles. The normalized spacial score (nSPS) is 24.9. The van der Waals surface area contributed by atoms with Crippen molar-refractivity contribution in [1.82, 2.24) is 14.5 Å². The van der Waals surface area contributed by atoms with Crippen molar-refractivity contribution in [2.45, 2.75) is 24.9 Å². The number of rotatable bonds is 5. The lowest BCUT2D eigenvalue weighted by Gasteiger charge is -2.15. The standard InChI is InChI=1S/C14H17IN4O3/c1-2-3-21-9-4-11(22-10(9)6-20)19-5-8(15)12-13(16)17-7-18-14(12)19/h2,5,7,9-11,20H,1,3-4,6H2,(H2,16,17,18)/t9-,10+,11+/m0/s1. The molecule has 1 saturated heterocycles. The van der Waals surface area contributed by atoms with E-state index in [4.69, 9.17) is 15.2 Å². The van der Waals surface area contributed by atoms with E-state index in [9.17, 15) is 5.11 Å². The van der Waals surface area contributed by atoms with Crippen LogP contribution in [0.2, 0.25) is 0 Å². The number of hydrogen-bond acceptors (Lipinski definition) is 6. The zero-order valence-corrected chi connectivity index (χ0v) is 14.0. The summed E-state index contributed by atoms with van der Waals surface area (Å²) in [7, 11) is 0. The summed E-state index contributed by atoms with van der Waals surface area (Å²) in [6.45, 7) is 3.97. The number of nitrogens with zero attached hydrogens (tertiary/aromatic N) is 3. The number of ether oxygens (including phenoxy) is 2. The smallest absolute Gasteiger partial charge is 0.148 e. The molecule has 22 heavy (non-hydrogen) atoms.